The molecule has 1 aromatic carbocycles. The lowest BCUT2D eigenvalue weighted by molar-refractivity contribution is 0.0791. The van der Waals surface area contributed by atoms with E-state index in [1.54, 1.807) is 0 Å². The maximum absolute atomic E-state index is 12.2. The molecule has 0 bridgehead atoms. The van der Waals surface area contributed by atoms with E-state index in [9.17, 15) is 4.79 Å². The van der Waals surface area contributed by atoms with Gasteiger partial charge in [0.25, 0.3) is 5.91 Å². The summed E-state index contributed by atoms with van der Waals surface area (Å²) < 4.78 is 5.64. The summed E-state index contributed by atoms with van der Waals surface area (Å²) in [6.07, 6.45) is 4.34. The van der Waals surface area contributed by atoms with Gasteiger partial charge in [-0.2, -0.15) is 0 Å². The van der Waals surface area contributed by atoms with Crippen LogP contribution in [0.1, 0.15) is 43.0 Å². The van der Waals surface area contributed by atoms with Crippen LogP contribution in [0.4, 0.5) is 0 Å². The van der Waals surface area contributed by atoms with Gasteiger partial charge in [0.1, 0.15) is 5.75 Å². The van der Waals surface area contributed by atoms with E-state index in [1.807, 2.05) is 29.2 Å². The van der Waals surface area contributed by atoms with Crippen molar-refractivity contribution in [3.8, 4) is 5.75 Å². The number of nitrogens with two attached hydrogens (primary N) is 1. The van der Waals surface area contributed by atoms with Crippen LogP contribution in [0.25, 0.3) is 0 Å². The lowest BCUT2D eigenvalue weighted by atomic mass is 10.2. The minimum absolute atomic E-state index is 0.0653. The van der Waals surface area contributed by atoms with Gasteiger partial charge in [-0.1, -0.05) is 19.8 Å². The number of likely N-dealkylation sites (tertiary alicyclic amines) is 1. The fourth-order valence-electron chi connectivity index (χ4n) is 2.39. The fraction of sp³-hybridized carbons (Fsp3) is 0.562. The van der Waals surface area contributed by atoms with Crippen molar-refractivity contribution < 1.29 is 9.53 Å². The average Bonchev–Trinajstić information content (AvgIpc) is 2.90. The van der Waals surface area contributed by atoms with Gasteiger partial charge in [0, 0.05) is 24.7 Å². The summed E-state index contributed by atoms with van der Waals surface area (Å²) in [5, 5.41) is 0. The SMILES string of the molecule is CCCCCOc1ccc(C(=O)N2CC[C@@H](N)C2)cc1. The maximum atomic E-state index is 12.2. The first-order valence-electron chi connectivity index (χ1n) is 7.48. The molecule has 4 nitrogen and oxygen atoms in total. The van der Waals surface area contributed by atoms with E-state index >= 15 is 0 Å². The smallest absolute Gasteiger partial charge is 0.253 e. The van der Waals surface area contributed by atoms with Crippen molar-refractivity contribution in [3.05, 3.63) is 29.8 Å². The van der Waals surface area contributed by atoms with Gasteiger partial charge >= 0.3 is 0 Å². The van der Waals surface area contributed by atoms with E-state index in [2.05, 4.69) is 6.92 Å². The molecule has 20 heavy (non-hydrogen) atoms. The van der Waals surface area contributed by atoms with Crippen LogP contribution in [0.15, 0.2) is 24.3 Å². The summed E-state index contributed by atoms with van der Waals surface area (Å²) in [7, 11) is 0. The van der Waals surface area contributed by atoms with E-state index in [0.717, 1.165) is 31.7 Å². The van der Waals surface area contributed by atoms with Crippen molar-refractivity contribution in [3.63, 3.8) is 0 Å². The predicted molar refractivity (Wildman–Crippen MR) is 80.0 cm³/mol. The fourth-order valence-corrected chi connectivity index (χ4v) is 2.39. The van der Waals surface area contributed by atoms with Gasteiger partial charge in [-0.25, -0.2) is 0 Å². The van der Waals surface area contributed by atoms with Crippen LogP contribution in [0, 0.1) is 0 Å². The highest BCUT2D eigenvalue weighted by molar-refractivity contribution is 5.94. The largest absolute Gasteiger partial charge is 0.494 e. The lowest BCUT2D eigenvalue weighted by Crippen LogP contribution is -2.31. The van der Waals surface area contributed by atoms with Crippen molar-refractivity contribution in [1.82, 2.24) is 4.90 Å². The Morgan fingerprint density at radius 2 is 2.10 bits per heavy atom. The Hall–Kier alpha value is -1.55. The molecule has 1 heterocycles. The molecule has 1 aromatic rings. The van der Waals surface area contributed by atoms with Gasteiger partial charge in [-0.3, -0.25) is 4.79 Å². The predicted octanol–water partition coefficient (Wildman–Crippen LogP) is 2.43. The molecule has 4 heteroatoms. The highest BCUT2D eigenvalue weighted by atomic mass is 16.5. The normalized spacial score (nSPS) is 18.3. The molecule has 0 spiro atoms. The summed E-state index contributed by atoms with van der Waals surface area (Å²) in [4.78, 5) is 14.1. The van der Waals surface area contributed by atoms with Crippen molar-refractivity contribution >= 4 is 5.91 Å². The molecular formula is C16H24N2O2. The van der Waals surface area contributed by atoms with Crippen molar-refractivity contribution in [1.29, 1.82) is 0 Å². The Balaban J connectivity index is 1.86. The molecule has 1 fully saturated rings. The number of hydrogen-bond donors (Lipinski definition) is 1. The zero-order chi connectivity index (χ0) is 14.4. The first-order chi connectivity index (χ1) is 9.70. The van der Waals surface area contributed by atoms with Crippen LogP contribution in [0.2, 0.25) is 0 Å². The molecule has 1 aliphatic heterocycles. The topological polar surface area (TPSA) is 55.6 Å². The Morgan fingerprint density at radius 3 is 2.70 bits per heavy atom. The van der Waals surface area contributed by atoms with E-state index in [4.69, 9.17) is 10.5 Å². The van der Waals surface area contributed by atoms with Gasteiger partial charge in [-0.05, 0) is 37.1 Å². The molecule has 1 saturated heterocycles. The third kappa shape index (κ3) is 3.97. The lowest BCUT2D eigenvalue weighted by Gasteiger charge is -2.16. The molecule has 0 aliphatic carbocycles. The second kappa shape index (κ2) is 7.29. The first kappa shape index (κ1) is 14.9. The summed E-state index contributed by atoms with van der Waals surface area (Å²) in [6, 6.07) is 7.53. The third-order valence-corrected chi connectivity index (χ3v) is 3.63. The van der Waals surface area contributed by atoms with Crippen LogP contribution in [0.3, 0.4) is 0 Å². The molecule has 110 valence electrons. The van der Waals surface area contributed by atoms with Crippen molar-refractivity contribution in [2.75, 3.05) is 19.7 Å². The Kier molecular flexibility index (Phi) is 5.41. The minimum Gasteiger partial charge on any atom is -0.494 e. The monoisotopic (exact) mass is 276 g/mol. The molecule has 2 rings (SSSR count). The molecule has 0 radical (unpaired) electrons. The summed E-state index contributed by atoms with van der Waals surface area (Å²) >= 11 is 0. The maximum Gasteiger partial charge on any atom is 0.253 e. The standard InChI is InChI=1S/C16H24N2O2/c1-2-3-4-11-20-15-7-5-13(6-8-15)16(19)18-10-9-14(17)12-18/h5-8,14H,2-4,9-12,17H2,1H3/t14-/m1/s1. The van der Waals surface area contributed by atoms with Gasteiger partial charge in [-0.15, -0.1) is 0 Å². The van der Waals surface area contributed by atoms with Crippen LogP contribution in [-0.2, 0) is 0 Å². The van der Waals surface area contributed by atoms with Gasteiger partial charge in [0.2, 0.25) is 0 Å². The molecule has 1 amide bonds. The number of carbonyl (C=O) groups is 1. The summed E-state index contributed by atoms with van der Waals surface area (Å²) in [6.45, 7) is 4.33. The Morgan fingerprint density at radius 1 is 1.35 bits per heavy atom. The highest BCUT2D eigenvalue weighted by Crippen LogP contribution is 2.16. The molecule has 0 aromatic heterocycles. The zero-order valence-electron chi connectivity index (χ0n) is 12.2. The highest BCUT2D eigenvalue weighted by Gasteiger charge is 2.24. The van der Waals surface area contributed by atoms with Gasteiger partial charge in [0.05, 0.1) is 6.61 Å². The van der Waals surface area contributed by atoms with Gasteiger partial charge < -0.3 is 15.4 Å². The number of unbranched alkanes of at least 4 members (excludes halogenated alkanes) is 2. The van der Waals surface area contributed by atoms with E-state index < -0.39 is 0 Å². The van der Waals surface area contributed by atoms with Crippen LogP contribution < -0.4 is 10.5 Å². The number of nitrogens with zero attached hydrogens (tertiary/aromatic N) is 1. The second-order valence-electron chi connectivity index (χ2n) is 5.38. The Bertz CT molecular complexity index is 431. The van der Waals surface area contributed by atoms with E-state index in [0.29, 0.717) is 12.1 Å². The number of hydrogen-bond acceptors (Lipinski definition) is 3. The first-order valence-corrected chi connectivity index (χ1v) is 7.48. The van der Waals surface area contributed by atoms with Crippen molar-refractivity contribution in [2.24, 2.45) is 5.73 Å². The molecule has 0 unspecified atom stereocenters. The number of rotatable bonds is 6. The minimum atomic E-state index is 0.0653. The number of ether oxygens (including phenoxy) is 1. The molecule has 0 saturated carbocycles. The van der Waals surface area contributed by atoms with Crippen LogP contribution in [-0.4, -0.2) is 36.5 Å². The second-order valence-corrected chi connectivity index (χ2v) is 5.38. The molecular weight excluding hydrogens is 252 g/mol. The van der Waals surface area contributed by atoms with Crippen molar-refractivity contribution in [2.45, 2.75) is 38.6 Å². The van der Waals surface area contributed by atoms with E-state index in [-0.39, 0.29) is 11.9 Å². The summed E-state index contributed by atoms with van der Waals surface area (Å²) in [5.74, 6) is 0.895. The van der Waals surface area contributed by atoms with Crippen LogP contribution in [0.5, 0.6) is 5.75 Å². The number of benzene rings is 1. The average molecular weight is 276 g/mol. The summed E-state index contributed by atoms with van der Waals surface area (Å²) in [5.41, 5.74) is 6.54. The number of carbonyl (C=O) groups excluding carboxylic acids is 1. The third-order valence-electron chi connectivity index (χ3n) is 3.63. The molecule has 1 aliphatic rings. The molecule has 2 N–H and O–H groups in total. The van der Waals surface area contributed by atoms with Crippen LogP contribution >= 0.6 is 0 Å². The number of amides is 1. The quantitative estimate of drug-likeness (QED) is 0.812. The Labute approximate surface area is 120 Å². The van der Waals surface area contributed by atoms with Gasteiger partial charge in [0.15, 0.2) is 0 Å². The molecule has 1 atom stereocenters. The zero-order valence-corrected chi connectivity index (χ0v) is 12.2. The van der Waals surface area contributed by atoms with E-state index in [1.165, 1.54) is 12.8 Å².